The Hall–Kier alpha value is -1.97. The standard InChI is InChI=1S/C18H24N2O2/c1-4-5-10-20(2)17(21)18(8-9-18)15-12-19-16-7-6-13(22-3)11-14(15)16/h6-7,11-12,19H,4-5,8-10H2,1-3H3. The Bertz CT molecular complexity index is 685. The van der Waals surface area contributed by atoms with Crippen LogP contribution in [-0.2, 0) is 10.2 Å². The molecule has 118 valence electrons. The highest BCUT2D eigenvalue weighted by Gasteiger charge is 2.53. The molecule has 1 N–H and O–H groups in total. The second kappa shape index (κ2) is 5.67. The molecule has 4 heteroatoms. The molecule has 1 aliphatic rings. The Morgan fingerprint density at radius 1 is 1.41 bits per heavy atom. The maximum absolute atomic E-state index is 12.9. The van der Waals surface area contributed by atoms with Gasteiger partial charge >= 0.3 is 0 Å². The minimum atomic E-state index is -0.326. The summed E-state index contributed by atoms with van der Waals surface area (Å²) in [5.74, 6) is 1.08. The van der Waals surface area contributed by atoms with Crippen LogP contribution in [0.5, 0.6) is 5.75 Å². The van der Waals surface area contributed by atoms with E-state index in [1.807, 2.05) is 36.3 Å². The van der Waals surface area contributed by atoms with Crippen LogP contribution in [0, 0.1) is 0 Å². The number of hydrogen-bond acceptors (Lipinski definition) is 2. The fourth-order valence-corrected chi connectivity index (χ4v) is 3.21. The Labute approximate surface area is 131 Å². The summed E-state index contributed by atoms with van der Waals surface area (Å²) in [7, 11) is 3.59. The average molecular weight is 300 g/mol. The highest BCUT2D eigenvalue weighted by molar-refractivity contribution is 5.97. The van der Waals surface area contributed by atoms with Gasteiger partial charge in [-0.1, -0.05) is 13.3 Å². The van der Waals surface area contributed by atoms with Gasteiger partial charge in [-0.3, -0.25) is 4.79 Å². The number of carbonyl (C=O) groups excluding carboxylic acids is 1. The number of benzene rings is 1. The number of amides is 1. The van der Waals surface area contributed by atoms with E-state index in [9.17, 15) is 4.79 Å². The third-order valence-corrected chi connectivity index (χ3v) is 4.76. The number of nitrogens with zero attached hydrogens (tertiary/aromatic N) is 1. The molecular formula is C18H24N2O2. The third-order valence-electron chi connectivity index (χ3n) is 4.76. The molecular weight excluding hydrogens is 276 g/mol. The zero-order chi connectivity index (χ0) is 15.7. The smallest absolute Gasteiger partial charge is 0.233 e. The van der Waals surface area contributed by atoms with Gasteiger partial charge in [0, 0.05) is 30.7 Å². The Kier molecular flexibility index (Phi) is 3.85. The molecule has 1 aromatic carbocycles. The van der Waals surface area contributed by atoms with E-state index in [2.05, 4.69) is 11.9 Å². The van der Waals surface area contributed by atoms with Crippen molar-refractivity contribution in [1.82, 2.24) is 9.88 Å². The fourth-order valence-electron chi connectivity index (χ4n) is 3.21. The highest BCUT2D eigenvalue weighted by atomic mass is 16.5. The van der Waals surface area contributed by atoms with Crippen molar-refractivity contribution in [3.05, 3.63) is 30.0 Å². The molecule has 2 aromatic rings. The summed E-state index contributed by atoms with van der Waals surface area (Å²) in [5.41, 5.74) is 1.86. The minimum Gasteiger partial charge on any atom is -0.497 e. The van der Waals surface area contributed by atoms with Gasteiger partial charge in [0.2, 0.25) is 5.91 Å². The molecule has 1 aromatic heterocycles. The third kappa shape index (κ3) is 2.36. The Morgan fingerprint density at radius 3 is 2.82 bits per heavy atom. The highest BCUT2D eigenvalue weighted by Crippen LogP contribution is 2.51. The van der Waals surface area contributed by atoms with Crippen molar-refractivity contribution >= 4 is 16.8 Å². The predicted octanol–water partition coefficient (Wildman–Crippen LogP) is 3.47. The molecule has 1 heterocycles. The number of unbranched alkanes of at least 4 members (excludes halogenated alkanes) is 1. The molecule has 22 heavy (non-hydrogen) atoms. The van der Waals surface area contributed by atoms with Crippen LogP contribution < -0.4 is 4.74 Å². The van der Waals surface area contributed by atoms with Gasteiger partial charge in [0.1, 0.15) is 5.75 Å². The van der Waals surface area contributed by atoms with Gasteiger partial charge in [0.25, 0.3) is 0 Å². The second-order valence-corrected chi connectivity index (χ2v) is 6.28. The SMILES string of the molecule is CCCCN(C)C(=O)C1(c2c[nH]c3ccc(OC)cc23)CC1. The maximum Gasteiger partial charge on any atom is 0.233 e. The first-order chi connectivity index (χ1) is 10.6. The van der Waals surface area contributed by atoms with Crippen LogP contribution in [0.1, 0.15) is 38.2 Å². The summed E-state index contributed by atoms with van der Waals surface area (Å²) in [6, 6.07) is 5.98. The molecule has 0 saturated heterocycles. The van der Waals surface area contributed by atoms with E-state index in [4.69, 9.17) is 4.74 Å². The molecule has 0 radical (unpaired) electrons. The molecule has 3 rings (SSSR count). The average Bonchev–Trinajstić information content (AvgIpc) is 3.24. The van der Waals surface area contributed by atoms with E-state index < -0.39 is 0 Å². The number of carbonyl (C=O) groups is 1. The number of aromatic amines is 1. The second-order valence-electron chi connectivity index (χ2n) is 6.28. The quantitative estimate of drug-likeness (QED) is 0.888. The first-order valence-electron chi connectivity index (χ1n) is 8.03. The van der Waals surface area contributed by atoms with Gasteiger partial charge in [-0.2, -0.15) is 0 Å². The Morgan fingerprint density at radius 2 is 2.18 bits per heavy atom. The van der Waals surface area contributed by atoms with Crippen LogP contribution in [0.15, 0.2) is 24.4 Å². The summed E-state index contributed by atoms with van der Waals surface area (Å²) < 4.78 is 5.33. The molecule has 1 amide bonds. The summed E-state index contributed by atoms with van der Waals surface area (Å²) >= 11 is 0. The number of ether oxygens (including phenoxy) is 1. The lowest BCUT2D eigenvalue weighted by molar-refractivity contribution is -0.132. The first-order valence-corrected chi connectivity index (χ1v) is 8.03. The molecule has 0 aliphatic heterocycles. The van der Waals surface area contributed by atoms with Crippen molar-refractivity contribution < 1.29 is 9.53 Å². The molecule has 1 fully saturated rings. The largest absolute Gasteiger partial charge is 0.497 e. The summed E-state index contributed by atoms with van der Waals surface area (Å²) in [6.07, 6.45) is 6.04. The van der Waals surface area contributed by atoms with Gasteiger partial charge in [-0.05, 0) is 43.0 Å². The van der Waals surface area contributed by atoms with Crippen LogP contribution in [0.2, 0.25) is 0 Å². The first kappa shape index (κ1) is 14.9. The maximum atomic E-state index is 12.9. The zero-order valence-corrected chi connectivity index (χ0v) is 13.6. The number of likely N-dealkylation sites (N-methyl/N-ethyl adjacent to an activating group) is 1. The van der Waals surface area contributed by atoms with Gasteiger partial charge < -0.3 is 14.6 Å². The molecule has 1 aliphatic carbocycles. The number of fused-ring (bicyclic) bond motifs is 1. The van der Waals surface area contributed by atoms with Crippen LogP contribution >= 0.6 is 0 Å². The number of rotatable bonds is 6. The van der Waals surface area contributed by atoms with Crippen molar-refractivity contribution in [2.45, 2.75) is 38.0 Å². The van der Waals surface area contributed by atoms with Crippen LogP contribution in [-0.4, -0.2) is 36.5 Å². The van der Waals surface area contributed by atoms with Crippen molar-refractivity contribution in [2.75, 3.05) is 20.7 Å². The van der Waals surface area contributed by atoms with Gasteiger partial charge in [-0.25, -0.2) is 0 Å². The van der Waals surface area contributed by atoms with Crippen molar-refractivity contribution in [3.63, 3.8) is 0 Å². The van der Waals surface area contributed by atoms with Crippen LogP contribution in [0.4, 0.5) is 0 Å². The lowest BCUT2D eigenvalue weighted by Gasteiger charge is -2.23. The lowest BCUT2D eigenvalue weighted by Crippen LogP contribution is -2.37. The molecule has 0 bridgehead atoms. The molecule has 0 atom stereocenters. The van der Waals surface area contributed by atoms with Crippen molar-refractivity contribution in [3.8, 4) is 5.75 Å². The van der Waals surface area contributed by atoms with Crippen molar-refractivity contribution in [1.29, 1.82) is 0 Å². The van der Waals surface area contributed by atoms with Crippen molar-refractivity contribution in [2.24, 2.45) is 0 Å². The number of aromatic nitrogens is 1. The summed E-state index contributed by atoms with van der Waals surface area (Å²) in [4.78, 5) is 18.1. The number of nitrogens with one attached hydrogen (secondary N) is 1. The predicted molar refractivity (Wildman–Crippen MR) is 88.3 cm³/mol. The lowest BCUT2D eigenvalue weighted by atomic mass is 9.93. The van der Waals surface area contributed by atoms with E-state index in [-0.39, 0.29) is 11.3 Å². The van der Waals surface area contributed by atoms with Crippen LogP contribution in [0.3, 0.4) is 0 Å². The number of H-pyrrole nitrogens is 1. The molecule has 0 spiro atoms. The number of hydrogen-bond donors (Lipinski definition) is 1. The number of methoxy groups -OCH3 is 1. The van der Waals surface area contributed by atoms with E-state index in [1.54, 1.807) is 7.11 Å². The van der Waals surface area contributed by atoms with E-state index in [0.717, 1.165) is 54.4 Å². The van der Waals surface area contributed by atoms with E-state index in [0.29, 0.717) is 0 Å². The Balaban J connectivity index is 1.94. The van der Waals surface area contributed by atoms with Crippen LogP contribution in [0.25, 0.3) is 10.9 Å². The van der Waals surface area contributed by atoms with Gasteiger partial charge in [0.05, 0.1) is 12.5 Å². The molecule has 4 nitrogen and oxygen atoms in total. The summed E-state index contributed by atoms with van der Waals surface area (Å²) in [6.45, 7) is 2.99. The van der Waals surface area contributed by atoms with Gasteiger partial charge in [0.15, 0.2) is 0 Å². The van der Waals surface area contributed by atoms with Gasteiger partial charge in [-0.15, -0.1) is 0 Å². The minimum absolute atomic E-state index is 0.254. The zero-order valence-electron chi connectivity index (χ0n) is 13.6. The normalized spacial score (nSPS) is 15.8. The summed E-state index contributed by atoms with van der Waals surface area (Å²) in [5, 5.41) is 1.11. The molecule has 0 unspecified atom stereocenters. The fraction of sp³-hybridized carbons (Fsp3) is 0.500. The topological polar surface area (TPSA) is 45.3 Å². The van der Waals surface area contributed by atoms with E-state index in [1.165, 1.54) is 0 Å². The van der Waals surface area contributed by atoms with E-state index >= 15 is 0 Å². The monoisotopic (exact) mass is 300 g/mol. The molecule has 1 saturated carbocycles.